The molecule has 0 aliphatic heterocycles. The Labute approximate surface area is 859 Å². The number of hydroxylamine groups is 1. The van der Waals surface area contributed by atoms with Crippen molar-refractivity contribution in [2.45, 2.75) is 349 Å². The highest BCUT2D eigenvalue weighted by molar-refractivity contribution is 5.91. The monoisotopic (exact) mass is 1990 g/mol. The second-order valence-corrected chi connectivity index (χ2v) is 34.5. The van der Waals surface area contributed by atoms with E-state index in [9.17, 15) is 56.6 Å². The number of halogens is 3. The predicted octanol–water partition coefficient (Wildman–Crippen LogP) is 26.8. The van der Waals surface area contributed by atoms with Gasteiger partial charge in [0.05, 0.1) is 36.5 Å². The quantitative estimate of drug-likeness (QED) is 0.0201. The number of aromatic nitrogens is 3. The van der Waals surface area contributed by atoms with E-state index in [2.05, 4.69) is 168 Å². The number of allylic oxidation sites excluding steroid dienone is 8. The number of pyridine rings is 3. The maximum absolute atomic E-state index is 12.8. The van der Waals surface area contributed by atoms with Crippen LogP contribution in [0.15, 0.2) is 270 Å². The third kappa shape index (κ3) is 103. The number of nitrogens with one attached hydrogen (secondary N) is 8. The summed E-state index contributed by atoms with van der Waals surface area (Å²) in [5.41, 5.74) is 15.3. The molecule has 2 saturated carbocycles. The number of amides is 8. The van der Waals surface area contributed by atoms with Crippen molar-refractivity contribution in [2.24, 2.45) is 0 Å². The Hall–Kier alpha value is -13.1. The van der Waals surface area contributed by atoms with Gasteiger partial charge in [0, 0.05) is 98.7 Å². The minimum atomic E-state index is -0.515. The first-order chi connectivity index (χ1) is 67.7. The van der Waals surface area contributed by atoms with Crippen LogP contribution in [0.4, 0.5) is 13.2 Å². The lowest BCUT2D eigenvalue weighted by atomic mass is 10.0. The normalized spacial score (nSPS) is 10.4. The number of carbonyl (C=O) groups is 8. The lowest BCUT2D eigenvalue weighted by Gasteiger charge is -2.17. The molecule has 2 fully saturated rings. The molecule has 2 aliphatic rings. The summed E-state index contributed by atoms with van der Waals surface area (Å²) in [5.74, 6) is -1.12. The molecule has 143 heavy (non-hydrogen) atoms. The largest absolute Gasteiger partial charge is 0.394 e. The van der Waals surface area contributed by atoms with Crippen LogP contribution in [-0.4, -0.2) is 86.1 Å². The van der Waals surface area contributed by atoms with E-state index in [0.29, 0.717) is 37.0 Å². The number of benzene rings is 4. The number of carbonyl (C=O) groups excluding carboxylic acids is 10. The van der Waals surface area contributed by atoms with E-state index >= 15 is 0 Å². The summed E-state index contributed by atoms with van der Waals surface area (Å²) in [6, 6.07) is 40.2. The predicted molar refractivity (Wildman–Crippen MR) is 586 cm³/mol. The summed E-state index contributed by atoms with van der Waals surface area (Å²) in [6.45, 7) is 67.2. The number of nitrogens with zero attached hydrogens (tertiary/aromatic N) is 3. The van der Waals surface area contributed by atoms with Gasteiger partial charge < -0.3 is 47.2 Å². The fraction of sp³-hybridized carbons (Fsp3) is 0.453. The molecule has 8 amide bonds. The van der Waals surface area contributed by atoms with Crippen LogP contribution < -0.4 is 47.5 Å². The number of hydrogen-bond acceptors (Lipinski definition) is 15. The van der Waals surface area contributed by atoms with E-state index < -0.39 is 6.04 Å². The van der Waals surface area contributed by atoms with E-state index in [0.717, 1.165) is 98.2 Å². The molecule has 3 heterocycles. The van der Waals surface area contributed by atoms with Crippen LogP contribution in [0.5, 0.6) is 5.75 Å². The molecule has 4 aromatic carbocycles. The summed E-state index contributed by atoms with van der Waals surface area (Å²) in [6.07, 6.45) is 35.4. The second-order valence-electron chi connectivity index (χ2n) is 34.5. The van der Waals surface area contributed by atoms with Crippen molar-refractivity contribution < 1.29 is 71.1 Å². The smallest absolute Gasteiger partial charge is 0.373 e. The van der Waals surface area contributed by atoms with E-state index in [4.69, 9.17) is 14.4 Å². The molecule has 23 nitrogen and oxygen atoms in total. The van der Waals surface area contributed by atoms with Crippen molar-refractivity contribution in [3.05, 3.63) is 321 Å². The van der Waals surface area contributed by atoms with Gasteiger partial charge in [-0.05, 0) is 250 Å². The number of hydrogen-bond donors (Lipinski definition) is 9. The van der Waals surface area contributed by atoms with E-state index in [1.165, 1.54) is 99.9 Å². The van der Waals surface area contributed by atoms with Gasteiger partial charge in [0.15, 0.2) is 5.75 Å². The zero-order chi connectivity index (χ0) is 111. The summed E-state index contributed by atoms with van der Waals surface area (Å²) in [7, 11) is 0. The summed E-state index contributed by atoms with van der Waals surface area (Å²) in [5, 5.41) is 28.8. The average Bonchev–Trinajstić information content (AvgIpc) is 1.62. The van der Waals surface area contributed by atoms with E-state index in [1.54, 1.807) is 116 Å². The minimum Gasteiger partial charge on any atom is -0.394 e. The first-order valence-electron chi connectivity index (χ1n) is 49.5. The molecule has 9 rings (SSSR count). The third-order valence-electron chi connectivity index (χ3n) is 14.9. The summed E-state index contributed by atoms with van der Waals surface area (Å²) < 4.78 is 38.2. The van der Waals surface area contributed by atoms with Gasteiger partial charge in [-0.15, -0.1) is 0 Å². The summed E-state index contributed by atoms with van der Waals surface area (Å²) >= 11 is 0. The first-order valence-corrected chi connectivity index (χ1v) is 49.5. The lowest BCUT2D eigenvalue weighted by Crippen LogP contribution is -2.33. The summed E-state index contributed by atoms with van der Waals surface area (Å²) in [4.78, 5) is 124. The molecule has 0 bridgehead atoms. The number of aliphatic hydroxyl groups excluding tert-OH is 1. The van der Waals surface area contributed by atoms with Crippen LogP contribution in [0, 0.1) is 17.5 Å². The van der Waals surface area contributed by atoms with Gasteiger partial charge in [0.1, 0.15) is 17.5 Å². The molecule has 26 heteroatoms. The topological polar surface area (TPSA) is 335 Å². The van der Waals surface area contributed by atoms with Crippen molar-refractivity contribution in [1.82, 2.24) is 57.6 Å². The van der Waals surface area contributed by atoms with E-state index in [1.807, 2.05) is 178 Å². The Morgan fingerprint density at radius 1 is 0.385 bits per heavy atom. The van der Waals surface area contributed by atoms with Crippen LogP contribution in [0.3, 0.4) is 0 Å². The maximum atomic E-state index is 12.8. The average molecular weight is 1990 g/mol. The van der Waals surface area contributed by atoms with Crippen LogP contribution in [0.1, 0.15) is 351 Å². The van der Waals surface area contributed by atoms with Crippen LogP contribution >= 0.6 is 0 Å². The minimum absolute atomic E-state index is 0.0539. The van der Waals surface area contributed by atoms with Gasteiger partial charge in [0.25, 0.3) is 5.91 Å². The molecule has 7 aromatic rings. The Morgan fingerprint density at radius 3 is 1.08 bits per heavy atom. The van der Waals surface area contributed by atoms with Gasteiger partial charge in [-0.3, -0.25) is 53.3 Å². The molecule has 0 saturated heterocycles. The van der Waals surface area contributed by atoms with Crippen molar-refractivity contribution in [3.63, 3.8) is 0 Å². The SMILES string of the molecule is CC(C)=CC(=O)NC(C)c1ccc(F)cc1.CC(C)=CC(=O)NC(CO)c1ccc(F)cc1.CC(C)=CC(=O)NC1(c2ccc(F)cc2)CC1.CC(C)=CC(=O)NC1CC1.CC(C)=CC(=O)NCc1ccccn1.CC(C)=CC(=O)NCc1cccnc1.CC(C)=CC(=O)NCc1ccncc1.CC(C)=CC(=O)NOc1ccccc1.CCC.CCC.CCC.CCC.CCC.CCC.CCC.CCC.O=C=O. The molecular weight excluding hydrogens is 1810 g/mol. The molecule has 2 aliphatic carbocycles. The van der Waals surface area contributed by atoms with Crippen molar-refractivity contribution in [2.75, 3.05) is 6.61 Å². The Balaban J connectivity index is -0.000000234. The Morgan fingerprint density at radius 2 is 0.727 bits per heavy atom. The maximum Gasteiger partial charge on any atom is 0.373 e. The van der Waals surface area contributed by atoms with Gasteiger partial charge in [-0.1, -0.05) is 273 Å². The third-order valence-corrected chi connectivity index (χ3v) is 14.9. The van der Waals surface area contributed by atoms with E-state index in [-0.39, 0.29) is 89.0 Å². The Bertz CT molecular complexity index is 4390. The molecule has 3 aromatic heterocycles. The van der Waals surface area contributed by atoms with Crippen molar-refractivity contribution in [3.8, 4) is 5.75 Å². The molecule has 2 atom stereocenters. The van der Waals surface area contributed by atoms with Gasteiger partial charge in [0.2, 0.25) is 41.4 Å². The van der Waals surface area contributed by atoms with Crippen LogP contribution in [0.25, 0.3) is 0 Å². The van der Waals surface area contributed by atoms with Gasteiger partial charge >= 0.3 is 6.15 Å². The highest BCUT2D eigenvalue weighted by atomic mass is 19.1. The molecule has 2 unspecified atom stereocenters. The fourth-order valence-corrected chi connectivity index (χ4v) is 9.29. The molecule has 9 N–H and O–H groups in total. The fourth-order valence-electron chi connectivity index (χ4n) is 9.29. The van der Waals surface area contributed by atoms with Gasteiger partial charge in [-0.25, -0.2) is 13.2 Å². The molecule has 0 radical (unpaired) electrons. The molecular formula is C117H180F3N11O12. The standard InChI is InChI=1S/C14H16FNO.C13H16FNO2.C13H16FNO.3C11H14N2O.C11H13NO2.C8H13NO.8C3H8.CO2/c1-10(2)9-13(17)16-14(7-8-14)11-3-5-12(15)6-4-11;1-9(2)7-13(17)15-12(8-16)10-3-5-11(14)6-4-10;1-9(2)8-13(16)15-10(3)11-4-6-12(14)7-5-11;1-9(2)7-11(14)13-8-10-3-5-12-6-4-10;1-9(2)6-11(14)13-8-10-4-3-5-12-7-10;1-9(2)7-11(14)13-8-10-5-3-4-6-12-10;1-9(2)8-11(13)12-14-10-6-4-3-5-7-10;1-6(2)5-8(10)9-7-3-4-7;8*1-3-2;2-1-3/h3-6,9H,7-8H2,1-2H3,(H,16,17);3-7,12,16H,8H2,1-2H3,(H,15,17);4-8,10H,1-3H3,(H,15,16);3*3-7H,8H2,1-2H3,(H,13,14);3-8H,1-2H3,(H,12,13);5,7H,3-4H2,1-2H3,(H,9,10);8*3H2,1-2H3;. The van der Waals surface area contributed by atoms with Crippen molar-refractivity contribution in [1.29, 1.82) is 0 Å². The molecule has 796 valence electrons. The zero-order valence-electron chi connectivity index (χ0n) is 92.8. The zero-order valence-corrected chi connectivity index (χ0v) is 92.8. The van der Waals surface area contributed by atoms with Crippen molar-refractivity contribution >= 4 is 53.4 Å². The second kappa shape index (κ2) is 99.1. The van der Waals surface area contributed by atoms with Crippen LogP contribution in [-0.2, 0) is 73.1 Å². The number of rotatable bonds is 24. The number of para-hydroxylation sites is 1. The lowest BCUT2D eigenvalue weighted by molar-refractivity contribution is -0.192. The Kier molecular flexibility index (Phi) is 101. The highest BCUT2D eigenvalue weighted by Gasteiger charge is 2.45. The molecule has 0 spiro atoms. The number of aliphatic hydroxyl groups is 1. The van der Waals surface area contributed by atoms with Crippen LogP contribution in [0.2, 0.25) is 0 Å². The highest BCUT2D eigenvalue weighted by Crippen LogP contribution is 2.45. The van der Waals surface area contributed by atoms with Gasteiger partial charge in [-0.2, -0.15) is 15.1 Å². The first kappa shape index (κ1) is 145.